The van der Waals surface area contributed by atoms with Crippen LogP contribution in [0.15, 0.2) is 12.7 Å². The third-order valence-corrected chi connectivity index (χ3v) is 6.62. The number of hydrogen-bond acceptors (Lipinski definition) is 13. The number of rotatable bonds is 9. The molecule has 0 aromatic carbocycles. The lowest BCUT2D eigenvalue weighted by Crippen LogP contribution is -2.51. The summed E-state index contributed by atoms with van der Waals surface area (Å²) in [7, 11) is -4.70. The number of hydrogen-bond donors (Lipinski definition) is 6. The summed E-state index contributed by atoms with van der Waals surface area (Å²) < 4.78 is 32.8. The second kappa shape index (κ2) is 9.79. The Morgan fingerprint density at radius 2 is 2.09 bits per heavy atom. The second-order valence-corrected chi connectivity index (χ2v) is 9.55. The first-order valence-electron chi connectivity index (χ1n) is 9.29. The number of aliphatic hydroxyl groups excluding tert-OH is 2. The third-order valence-electron chi connectivity index (χ3n) is 4.81. The van der Waals surface area contributed by atoms with Gasteiger partial charge in [0.05, 0.1) is 18.9 Å². The van der Waals surface area contributed by atoms with Crippen LogP contribution in [0.2, 0.25) is 0 Å². The molecule has 32 heavy (non-hydrogen) atoms. The SMILES string of the molecule is CSCC[C@H](N)C(=O)NS(=O)(=O)N(O)C[C@H]1OC(n2cnc3c(N)ncnc32)[C@H](O)[C@@H]1O. The van der Waals surface area contributed by atoms with E-state index in [4.69, 9.17) is 16.2 Å². The maximum absolute atomic E-state index is 12.3. The molecule has 0 saturated carbocycles. The summed E-state index contributed by atoms with van der Waals surface area (Å²) in [6, 6.07) is -1.09. The molecule has 2 aromatic heterocycles. The van der Waals surface area contributed by atoms with E-state index in [1.165, 1.54) is 29.0 Å². The normalized spacial score (nSPS) is 24.8. The predicted molar refractivity (Wildman–Crippen MR) is 112 cm³/mol. The summed E-state index contributed by atoms with van der Waals surface area (Å²) in [5, 5.41) is 30.8. The third kappa shape index (κ3) is 4.94. The number of hydroxylamine groups is 1. The minimum atomic E-state index is -4.70. The van der Waals surface area contributed by atoms with Gasteiger partial charge >= 0.3 is 10.2 Å². The van der Waals surface area contributed by atoms with E-state index in [1.807, 2.05) is 0 Å². The standard InChI is InChI=1S/C15H24N8O7S2/c1-31-3-2-7(16)14(26)21-32(28,29)23(27)4-8-10(24)11(25)15(30-8)22-6-20-9-12(17)18-5-19-13(9)22/h5-8,10-11,15,24-25,27H,2-4,16H2,1H3,(H,21,26)(H2,17,18,19)/t7-,8+,10+,11+,15?/m0/s1. The smallest absolute Gasteiger partial charge is 0.326 e. The number of carbonyl (C=O) groups is 1. The summed E-state index contributed by atoms with van der Waals surface area (Å²) >= 11 is 1.44. The van der Waals surface area contributed by atoms with Crippen LogP contribution in [0.3, 0.4) is 0 Å². The van der Waals surface area contributed by atoms with E-state index in [0.717, 1.165) is 0 Å². The fraction of sp³-hybridized carbons (Fsp3) is 0.600. The van der Waals surface area contributed by atoms with Crippen LogP contribution in [0.4, 0.5) is 5.82 Å². The Labute approximate surface area is 186 Å². The van der Waals surface area contributed by atoms with Crippen LogP contribution >= 0.6 is 11.8 Å². The number of nitrogens with zero attached hydrogens (tertiary/aromatic N) is 5. The van der Waals surface area contributed by atoms with Crippen molar-refractivity contribution in [2.75, 3.05) is 24.3 Å². The zero-order valence-electron chi connectivity index (χ0n) is 16.8. The van der Waals surface area contributed by atoms with Crippen LogP contribution in [-0.4, -0.2) is 96.6 Å². The highest BCUT2D eigenvalue weighted by Crippen LogP contribution is 2.32. The van der Waals surface area contributed by atoms with Gasteiger partial charge in [0, 0.05) is 0 Å². The summed E-state index contributed by atoms with van der Waals surface area (Å²) in [5.74, 6) is -0.359. The number of anilines is 1. The molecule has 1 aliphatic heterocycles. The minimum Gasteiger partial charge on any atom is -0.387 e. The number of thioether (sulfide) groups is 1. The lowest BCUT2D eigenvalue weighted by atomic mass is 10.1. The Kier molecular flexibility index (Phi) is 7.50. The van der Waals surface area contributed by atoms with Gasteiger partial charge in [-0.1, -0.05) is 4.47 Å². The van der Waals surface area contributed by atoms with Crippen molar-refractivity contribution in [2.24, 2.45) is 5.73 Å². The van der Waals surface area contributed by atoms with Gasteiger partial charge in [-0.05, 0) is 18.4 Å². The molecular weight excluding hydrogens is 468 g/mol. The topological polar surface area (TPSA) is 232 Å². The number of imidazole rings is 1. The molecule has 3 rings (SSSR count). The number of nitrogen functional groups attached to an aromatic ring is 1. The van der Waals surface area contributed by atoms with E-state index in [9.17, 15) is 28.6 Å². The number of ether oxygens (including phenoxy) is 1. The van der Waals surface area contributed by atoms with Crippen molar-refractivity contribution in [1.82, 2.24) is 28.7 Å². The molecule has 0 bridgehead atoms. The average molecular weight is 493 g/mol. The van der Waals surface area contributed by atoms with Crippen LogP contribution < -0.4 is 16.2 Å². The molecule has 0 radical (unpaired) electrons. The molecule has 3 heterocycles. The first-order valence-corrected chi connectivity index (χ1v) is 12.1. The van der Waals surface area contributed by atoms with E-state index >= 15 is 0 Å². The number of nitrogens with two attached hydrogens (primary N) is 2. The van der Waals surface area contributed by atoms with Crippen molar-refractivity contribution in [1.29, 1.82) is 0 Å². The first kappa shape index (κ1) is 24.5. The van der Waals surface area contributed by atoms with Crippen LogP contribution in [-0.2, 0) is 19.7 Å². The molecule has 2 aromatic rings. The first-order chi connectivity index (χ1) is 15.1. The molecule has 1 fully saturated rings. The zero-order chi connectivity index (χ0) is 23.6. The highest BCUT2D eigenvalue weighted by atomic mass is 32.2. The van der Waals surface area contributed by atoms with Crippen LogP contribution in [0, 0.1) is 0 Å². The van der Waals surface area contributed by atoms with E-state index in [0.29, 0.717) is 5.75 Å². The van der Waals surface area contributed by atoms with Gasteiger partial charge in [-0.2, -0.15) is 20.2 Å². The number of aromatic nitrogens is 4. The van der Waals surface area contributed by atoms with Gasteiger partial charge in [-0.15, -0.1) is 0 Å². The Hall–Kier alpha value is -2.12. The van der Waals surface area contributed by atoms with Gasteiger partial charge in [0.25, 0.3) is 5.91 Å². The fourth-order valence-corrected chi connectivity index (χ4v) is 4.39. The van der Waals surface area contributed by atoms with Gasteiger partial charge in [0.1, 0.15) is 30.2 Å². The van der Waals surface area contributed by atoms with Gasteiger partial charge < -0.3 is 26.4 Å². The molecule has 15 nitrogen and oxygen atoms in total. The molecule has 1 amide bonds. The van der Waals surface area contributed by atoms with Gasteiger partial charge in [-0.25, -0.2) is 19.7 Å². The van der Waals surface area contributed by atoms with Gasteiger partial charge in [0.15, 0.2) is 17.7 Å². The molecule has 5 atom stereocenters. The summed E-state index contributed by atoms with van der Waals surface area (Å²) in [6.07, 6.45) is -1.17. The maximum atomic E-state index is 12.3. The highest BCUT2D eigenvalue weighted by molar-refractivity contribution is 7.98. The van der Waals surface area contributed by atoms with Crippen molar-refractivity contribution < 1.29 is 33.4 Å². The Morgan fingerprint density at radius 1 is 1.38 bits per heavy atom. The minimum absolute atomic E-state index is 0.0949. The number of aliphatic hydroxyl groups is 2. The van der Waals surface area contributed by atoms with E-state index in [-0.39, 0.29) is 27.9 Å². The lowest BCUT2D eigenvalue weighted by molar-refractivity contribution is -0.121. The Morgan fingerprint density at radius 3 is 2.78 bits per heavy atom. The molecule has 17 heteroatoms. The van der Waals surface area contributed by atoms with E-state index < -0.39 is 53.2 Å². The fourth-order valence-electron chi connectivity index (χ4n) is 3.05. The van der Waals surface area contributed by atoms with Crippen molar-refractivity contribution in [3.8, 4) is 0 Å². The average Bonchev–Trinajstić information content (AvgIpc) is 3.29. The Balaban J connectivity index is 1.69. The quantitative estimate of drug-likeness (QED) is 0.194. The van der Waals surface area contributed by atoms with Crippen molar-refractivity contribution in [2.45, 2.75) is 37.0 Å². The van der Waals surface area contributed by atoms with Crippen LogP contribution in [0.5, 0.6) is 0 Å². The number of fused-ring (bicyclic) bond motifs is 1. The molecule has 8 N–H and O–H groups in total. The Bertz CT molecular complexity index is 1070. The number of nitrogens with one attached hydrogen (secondary N) is 1. The van der Waals surface area contributed by atoms with E-state index in [1.54, 1.807) is 11.0 Å². The largest absolute Gasteiger partial charge is 0.387 e. The molecule has 0 spiro atoms. The summed E-state index contributed by atoms with van der Waals surface area (Å²) in [4.78, 5) is 23.8. The van der Waals surface area contributed by atoms with Gasteiger partial charge in [-0.3, -0.25) is 14.6 Å². The highest BCUT2D eigenvalue weighted by Gasteiger charge is 2.46. The molecule has 1 unspecified atom stereocenters. The summed E-state index contributed by atoms with van der Waals surface area (Å²) in [5.41, 5.74) is 11.8. The molecule has 1 saturated heterocycles. The monoisotopic (exact) mass is 492 g/mol. The lowest BCUT2D eigenvalue weighted by Gasteiger charge is -2.21. The van der Waals surface area contributed by atoms with Crippen LogP contribution in [0.25, 0.3) is 11.2 Å². The van der Waals surface area contributed by atoms with Crippen LogP contribution in [0.1, 0.15) is 12.6 Å². The van der Waals surface area contributed by atoms with Gasteiger partial charge in [0.2, 0.25) is 0 Å². The zero-order valence-corrected chi connectivity index (χ0v) is 18.5. The number of amides is 1. The molecular formula is C15H24N8O7S2. The summed E-state index contributed by atoms with van der Waals surface area (Å²) in [6.45, 7) is -0.791. The molecule has 1 aliphatic rings. The van der Waals surface area contributed by atoms with Crippen molar-refractivity contribution in [3.63, 3.8) is 0 Å². The van der Waals surface area contributed by atoms with Crippen molar-refractivity contribution >= 4 is 44.9 Å². The number of carbonyl (C=O) groups excluding carboxylic acids is 1. The van der Waals surface area contributed by atoms with Crippen molar-refractivity contribution in [3.05, 3.63) is 12.7 Å². The molecule has 178 valence electrons. The van der Waals surface area contributed by atoms with E-state index in [2.05, 4.69) is 15.0 Å². The maximum Gasteiger partial charge on any atom is 0.326 e. The molecule has 0 aliphatic carbocycles. The second-order valence-electron chi connectivity index (χ2n) is 6.99. The predicted octanol–water partition coefficient (Wildman–Crippen LogP) is -2.84.